The third-order valence-electron chi connectivity index (χ3n) is 3.23. The van der Waals surface area contributed by atoms with Crippen LogP contribution in [0, 0.1) is 5.82 Å². The lowest BCUT2D eigenvalue weighted by Gasteiger charge is -2.19. The molecule has 106 valence electrons. The molecule has 0 aliphatic carbocycles. The Morgan fingerprint density at radius 1 is 0.900 bits per heavy atom. The first-order valence-corrected chi connectivity index (χ1v) is 6.34. The Balaban J connectivity index is 2.39. The number of halogens is 1. The van der Waals surface area contributed by atoms with Gasteiger partial charge in [-0.2, -0.15) is 0 Å². The molecule has 0 bridgehead atoms. The van der Waals surface area contributed by atoms with E-state index in [9.17, 15) is 4.39 Å². The van der Waals surface area contributed by atoms with Crippen LogP contribution in [0.5, 0.6) is 11.5 Å². The Bertz CT molecular complexity index is 569. The number of rotatable bonds is 5. The molecular weight excluding hydrogens is 257 g/mol. The van der Waals surface area contributed by atoms with E-state index in [1.807, 2.05) is 25.2 Å². The van der Waals surface area contributed by atoms with Crippen molar-refractivity contribution in [3.63, 3.8) is 0 Å². The molecule has 0 amide bonds. The number of hydrogen-bond donors (Lipinski definition) is 1. The van der Waals surface area contributed by atoms with Crippen molar-refractivity contribution >= 4 is 0 Å². The molecule has 2 aromatic rings. The fourth-order valence-corrected chi connectivity index (χ4v) is 2.21. The third-order valence-corrected chi connectivity index (χ3v) is 3.23. The van der Waals surface area contributed by atoms with Crippen molar-refractivity contribution < 1.29 is 13.9 Å². The predicted octanol–water partition coefficient (Wildman–Crippen LogP) is 3.15. The summed E-state index contributed by atoms with van der Waals surface area (Å²) in [4.78, 5) is 0. The van der Waals surface area contributed by atoms with Gasteiger partial charge in [0, 0.05) is 0 Å². The Labute approximate surface area is 118 Å². The van der Waals surface area contributed by atoms with Crippen LogP contribution in [0.3, 0.4) is 0 Å². The zero-order valence-electron chi connectivity index (χ0n) is 11.8. The number of benzene rings is 2. The van der Waals surface area contributed by atoms with Crippen molar-refractivity contribution in [2.45, 2.75) is 6.04 Å². The first-order chi connectivity index (χ1) is 9.69. The monoisotopic (exact) mass is 275 g/mol. The summed E-state index contributed by atoms with van der Waals surface area (Å²) in [7, 11) is 5.08. The molecule has 0 aromatic heterocycles. The van der Waals surface area contributed by atoms with Gasteiger partial charge in [0.2, 0.25) is 0 Å². The molecule has 1 unspecified atom stereocenters. The van der Waals surface area contributed by atoms with Gasteiger partial charge in [-0.25, -0.2) is 4.39 Å². The van der Waals surface area contributed by atoms with Gasteiger partial charge in [-0.05, 0) is 42.4 Å². The van der Waals surface area contributed by atoms with Crippen molar-refractivity contribution in [1.29, 1.82) is 0 Å². The highest BCUT2D eigenvalue weighted by Crippen LogP contribution is 2.32. The molecule has 2 aromatic carbocycles. The molecule has 0 saturated carbocycles. The van der Waals surface area contributed by atoms with E-state index in [1.165, 1.54) is 12.1 Å². The molecule has 1 N–H and O–H groups in total. The summed E-state index contributed by atoms with van der Waals surface area (Å²) in [6.45, 7) is 0. The molecule has 0 spiro atoms. The summed E-state index contributed by atoms with van der Waals surface area (Å²) in [6, 6.07) is 12.2. The van der Waals surface area contributed by atoms with E-state index in [0.29, 0.717) is 11.5 Å². The second-order valence-electron chi connectivity index (χ2n) is 4.39. The zero-order chi connectivity index (χ0) is 14.5. The smallest absolute Gasteiger partial charge is 0.161 e. The summed E-state index contributed by atoms with van der Waals surface area (Å²) in [5.41, 5.74) is 2.01. The van der Waals surface area contributed by atoms with Crippen molar-refractivity contribution in [2.24, 2.45) is 0 Å². The highest BCUT2D eigenvalue weighted by atomic mass is 19.1. The highest BCUT2D eigenvalue weighted by molar-refractivity contribution is 5.45. The summed E-state index contributed by atoms with van der Waals surface area (Å²) < 4.78 is 23.6. The van der Waals surface area contributed by atoms with Crippen molar-refractivity contribution in [1.82, 2.24) is 5.32 Å². The fourth-order valence-electron chi connectivity index (χ4n) is 2.21. The van der Waals surface area contributed by atoms with Crippen molar-refractivity contribution in [2.75, 3.05) is 21.3 Å². The minimum Gasteiger partial charge on any atom is -0.493 e. The van der Waals surface area contributed by atoms with Crippen LogP contribution >= 0.6 is 0 Å². The van der Waals surface area contributed by atoms with Gasteiger partial charge >= 0.3 is 0 Å². The second kappa shape index (κ2) is 6.39. The van der Waals surface area contributed by atoms with Gasteiger partial charge in [-0.15, -0.1) is 0 Å². The van der Waals surface area contributed by atoms with Gasteiger partial charge in [0.05, 0.1) is 20.3 Å². The number of ether oxygens (including phenoxy) is 2. The standard InChI is InChI=1S/C16H18FNO2/c1-18-16(11-4-7-13(17)8-5-11)12-6-9-14(19-2)15(10-12)20-3/h4-10,16,18H,1-3H3. The first-order valence-electron chi connectivity index (χ1n) is 6.34. The minimum absolute atomic E-state index is 0.0320. The van der Waals surface area contributed by atoms with Gasteiger partial charge in [-0.1, -0.05) is 18.2 Å². The van der Waals surface area contributed by atoms with Crippen LogP contribution in [0.2, 0.25) is 0 Å². The van der Waals surface area contributed by atoms with Crippen LogP contribution in [0.4, 0.5) is 4.39 Å². The Hall–Kier alpha value is -2.07. The molecule has 0 fully saturated rings. The van der Waals surface area contributed by atoms with Gasteiger partial charge < -0.3 is 14.8 Å². The maximum Gasteiger partial charge on any atom is 0.161 e. The lowest BCUT2D eigenvalue weighted by molar-refractivity contribution is 0.354. The molecule has 20 heavy (non-hydrogen) atoms. The first kappa shape index (κ1) is 14.3. The summed E-state index contributed by atoms with van der Waals surface area (Å²) >= 11 is 0. The van der Waals surface area contributed by atoms with Crippen LogP contribution < -0.4 is 14.8 Å². The van der Waals surface area contributed by atoms with Crippen LogP contribution in [0.25, 0.3) is 0 Å². The normalized spacial score (nSPS) is 12.0. The van der Waals surface area contributed by atoms with E-state index >= 15 is 0 Å². The van der Waals surface area contributed by atoms with Gasteiger partial charge in [-0.3, -0.25) is 0 Å². The van der Waals surface area contributed by atoms with Crippen LogP contribution in [0.15, 0.2) is 42.5 Å². The van der Waals surface area contributed by atoms with E-state index in [2.05, 4.69) is 5.32 Å². The van der Waals surface area contributed by atoms with Gasteiger partial charge in [0.25, 0.3) is 0 Å². The Morgan fingerprint density at radius 2 is 1.50 bits per heavy atom. The van der Waals surface area contributed by atoms with Crippen molar-refractivity contribution in [3.05, 3.63) is 59.4 Å². The predicted molar refractivity (Wildman–Crippen MR) is 76.8 cm³/mol. The zero-order valence-corrected chi connectivity index (χ0v) is 11.8. The van der Waals surface area contributed by atoms with Gasteiger partial charge in [0.1, 0.15) is 5.82 Å². The Kier molecular flexibility index (Phi) is 4.58. The molecule has 3 nitrogen and oxygen atoms in total. The van der Waals surface area contributed by atoms with E-state index < -0.39 is 0 Å². The molecule has 0 saturated heterocycles. The van der Waals surface area contributed by atoms with E-state index in [4.69, 9.17) is 9.47 Å². The van der Waals surface area contributed by atoms with Crippen LogP contribution in [-0.4, -0.2) is 21.3 Å². The average molecular weight is 275 g/mol. The van der Waals surface area contributed by atoms with Crippen LogP contribution in [0.1, 0.15) is 17.2 Å². The summed E-state index contributed by atoms with van der Waals surface area (Å²) in [5.74, 6) is 1.12. The SMILES string of the molecule is CNC(c1ccc(F)cc1)c1ccc(OC)c(OC)c1. The molecule has 0 radical (unpaired) electrons. The topological polar surface area (TPSA) is 30.5 Å². The molecule has 1 atom stereocenters. The summed E-state index contributed by atoms with van der Waals surface area (Å²) in [5, 5.41) is 3.22. The lowest BCUT2D eigenvalue weighted by atomic mass is 9.98. The summed E-state index contributed by atoms with van der Waals surface area (Å²) in [6.07, 6.45) is 0. The van der Waals surface area contributed by atoms with Crippen molar-refractivity contribution in [3.8, 4) is 11.5 Å². The lowest BCUT2D eigenvalue weighted by Crippen LogP contribution is -2.17. The highest BCUT2D eigenvalue weighted by Gasteiger charge is 2.14. The number of nitrogens with one attached hydrogen (secondary N) is 1. The average Bonchev–Trinajstić information content (AvgIpc) is 2.49. The third kappa shape index (κ3) is 2.91. The fraction of sp³-hybridized carbons (Fsp3) is 0.250. The molecule has 4 heteroatoms. The molecule has 0 aliphatic heterocycles. The molecule has 2 rings (SSSR count). The van der Waals surface area contributed by atoms with Gasteiger partial charge in [0.15, 0.2) is 11.5 Å². The van der Waals surface area contributed by atoms with E-state index in [-0.39, 0.29) is 11.9 Å². The van der Waals surface area contributed by atoms with Crippen LogP contribution in [-0.2, 0) is 0 Å². The minimum atomic E-state index is -0.240. The molecular formula is C16H18FNO2. The molecule has 0 aliphatic rings. The quantitative estimate of drug-likeness (QED) is 0.909. The van der Waals surface area contributed by atoms with E-state index in [1.54, 1.807) is 26.4 Å². The number of hydrogen-bond acceptors (Lipinski definition) is 3. The maximum absolute atomic E-state index is 13.0. The largest absolute Gasteiger partial charge is 0.493 e. The Morgan fingerprint density at radius 3 is 2.05 bits per heavy atom. The molecule has 0 heterocycles. The second-order valence-corrected chi connectivity index (χ2v) is 4.39. The van der Waals surface area contributed by atoms with E-state index in [0.717, 1.165) is 11.1 Å². The number of methoxy groups -OCH3 is 2. The maximum atomic E-state index is 13.0.